The van der Waals surface area contributed by atoms with E-state index in [0.717, 1.165) is 30.8 Å². The van der Waals surface area contributed by atoms with E-state index in [1.807, 2.05) is 37.6 Å². The van der Waals surface area contributed by atoms with Gasteiger partial charge in [0.25, 0.3) is 17.4 Å². The molecule has 1 atom stereocenters. The number of hydrogen-bond acceptors (Lipinski definition) is 9. The van der Waals surface area contributed by atoms with Crippen molar-refractivity contribution in [2.45, 2.75) is 29.9 Å². The molecular weight excluding hydrogens is 556 g/mol. The van der Waals surface area contributed by atoms with E-state index >= 15 is 0 Å². The second-order valence-corrected chi connectivity index (χ2v) is 11.5. The lowest BCUT2D eigenvalue weighted by molar-refractivity contribution is 0.0516. The van der Waals surface area contributed by atoms with Gasteiger partial charge in [-0.15, -0.1) is 11.8 Å². The standard InChI is InChI=1S/C30H32N6O5S/c1-35-11-8-17(9-12-35)36-29(39)21-13-24-25(14-22(21)30(36)40)34-27(33-24)26-23(7-10-31-28(26)38)32-15-18(37)16-41-19-3-5-20(42-2)6-4-19/h3-7,10,13-14,17-18,37H,8-9,11-12,15-16H2,1-2H3,(H,33,34)(H2,31,32,38). The first-order valence-corrected chi connectivity index (χ1v) is 15.1. The maximum absolute atomic E-state index is 13.3. The van der Waals surface area contributed by atoms with Crippen molar-refractivity contribution in [3.05, 3.63) is 70.1 Å². The van der Waals surface area contributed by atoms with Crippen molar-refractivity contribution in [2.24, 2.45) is 0 Å². The quantitative estimate of drug-likeness (QED) is 0.171. The second kappa shape index (κ2) is 11.6. The summed E-state index contributed by atoms with van der Waals surface area (Å²) in [5.41, 5.74) is 2.03. The molecule has 4 aromatic rings. The van der Waals surface area contributed by atoms with Gasteiger partial charge in [0.2, 0.25) is 0 Å². The first-order chi connectivity index (χ1) is 20.3. The monoisotopic (exact) mass is 588 g/mol. The van der Waals surface area contributed by atoms with Crippen LogP contribution in [0.5, 0.6) is 5.75 Å². The number of ether oxygens (including phenoxy) is 1. The Morgan fingerprint density at radius 1 is 1.10 bits per heavy atom. The van der Waals surface area contributed by atoms with Gasteiger partial charge in [-0.2, -0.15) is 0 Å². The number of imide groups is 1. The highest BCUT2D eigenvalue weighted by atomic mass is 32.2. The lowest BCUT2D eigenvalue weighted by atomic mass is 10.0. The van der Waals surface area contributed by atoms with Crippen molar-refractivity contribution in [3.8, 4) is 17.1 Å². The Kier molecular flexibility index (Phi) is 7.76. The van der Waals surface area contributed by atoms with Crippen LogP contribution in [0.4, 0.5) is 5.69 Å². The maximum atomic E-state index is 13.3. The van der Waals surface area contributed by atoms with Crippen LogP contribution in [0.15, 0.2) is 58.4 Å². The van der Waals surface area contributed by atoms with Gasteiger partial charge in [0.05, 0.1) is 27.8 Å². The molecule has 0 aliphatic carbocycles. The molecule has 0 saturated carbocycles. The van der Waals surface area contributed by atoms with Gasteiger partial charge in [0.15, 0.2) is 0 Å². The molecule has 2 amide bonds. The van der Waals surface area contributed by atoms with E-state index in [1.54, 1.807) is 30.0 Å². The number of anilines is 1. The Morgan fingerprint density at radius 2 is 1.81 bits per heavy atom. The molecule has 1 unspecified atom stereocenters. The number of aromatic amines is 2. The third kappa shape index (κ3) is 5.40. The van der Waals surface area contributed by atoms with Crippen molar-refractivity contribution in [1.82, 2.24) is 24.8 Å². The Bertz CT molecular complexity index is 1640. The lowest BCUT2D eigenvalue weighted by Gasteiger charge is -2.33. The van der Waals surface area contributed by atoms with Gasteiger partial charge < -0.3 is 30.0 Å². The summed E-state index contributed by atoms with van der Waals surface area (Å²) in [4.78, 5) is 54.6. The average Bonchev–Trinajstić information content (AvgIpc) is 3.51. The van der Waals surface area contributed by atoms with Crippen LogP contribution in [0.2, 0.25) is 0 Å². The first-order valence-electron chi connectivity index (χ1n) is 13.8. The highest BCUT2D eigenvalue weighted by Gasteiger charge is 2.41. The molecule has 0 radical (unpaired) electrons. The number of carbonyl (C=O) groups is 2. The molecule has 218 valence electrons. The molecule has 1 fully saturated rings. The molecule has 12 heteroatoms. The number of benzene rings is 2. The van der Waals surface area contributed by atoms with E-state index in [0.29, 0.717) is 33.6 Å². The Balaban J connectivity index is 1.19. The third-order valence-corrected chi connectivity index (χ3v) is 8.54. The van der Waals surface area contributed by atoms with Gasteiger partial charge in [0, 0.05) is 23.7 Å². The number of likely N-dealkylation sites (tertiary alicyclic amines) is 1. The van der Waals surface area contributed by atoms with E-state index < -0.39 is 6.10 Å². The number of carbonyl (C=O) groups excluding carboxylic acids is 2. The fraction of sp³-hybridized carbons (Fsp3) is 0.333. The number of nitrogens with zero attached hydrogens (tertiary/aromatic N) is 3. The summed E-state index contributed by atoms with van der Waals surface area (Å²) in [7, 11) is 2.03. The molecule has 2 aliphatic heterocycles. The summed E-state index contributed by atoms with van der Waals surface area (Å²) in [5, 5.41) is 13.6. The summed E-state index contributed by atoms with van der Waals surface area (Å²) in [6.07, 6.45) is 4.16. The fourth-order valence-corrected chi connectivity index (χ4v) is 5.89. The summed E-state index contributed by atoms with van der Waals surface area (Å²) in [5.74, 6) is 0.347. The number of rotatable bonds is 9. The number of aromatic nitrogens is 3. The van der Waals surface area contributed by atoms with Crippen LogP contribution >= 0.6 is 11.8 Å². The van der Waals surface area contributed by atoms with Crippen molar-refractivity contribution in [2.75, 3.05) is 44.9 Å². The van der Waals surface area contributed by atoms with Crippen LogP contribution in [-0.4, -0.2) is 93.4 Å². The number of H-pyrrole nitrogens is 2. The molecule has 2 aliphatic rings. The fourth-order valence-electron chi connectivity index (χ4n) is 5.48. The van der Waals surface area contributed by atoms with Crippen LogP contribution in [-0.2, 0) is 0 Å². The molecule has 42 heavy (non-hydrogen) atoms. The second-order valence-electron chi connectivity index (χ2n) is 10.6. The number of aliphatic hydroxyl groups is 1. The number of fused-ring (bicyclic) bond motifs is 2. The maximum Gasteiger partial charge on any atom is 0.261 e. The zero-order chi connectivity index (χ0) is 29.4. The third-order valence-electron chi connectivity index (χ3n) is 7.80. The average molecular weight is 589 g/mol. The topological polar surface area (TPSA) is 144 Å². The van der Waals surface area contributed by atoms with Crippen molar-refractivity contribution in [1.29, 1.82) is 0 Å². The summed E-state index contributed by atoms with van der Waals surface area (Å²) < 4.78 is 5.69. The molecule has 11 nitrogen and oxygen atoms in total. The Hall–Kier alpha value is -4.13. The largest absolute Gasteiger partial charge is 0.491 e. The van der Waals surface area contributed by atoms with Crippen molar-refractivity contribution in [3.63, 3.8) is 0 Å². The van der Waals surface area contributed by atoms with Gasteiger partial charge in [-0.3, -0.25) is 19.3 Å². The van der Waals surface area contributed by atoms with E-state index in [4.69, 9.17) is 4.74 Å². The lowest BCUT2D eigenvalue weighted by Crippen LogP contribution is -2.46. The molecule has 1 saturated heterocycles. The number of imidazole rings is 1. The molecule has 2 aromatic heterocycles. The molecule has 0 bridgehead atoms. The summed E-state index contributed by atoms with van der Waals surface area (Å²) >= 11 is 1.64. The molecule has 4 heterocycles. The van der Waals surface area contributed by atoms with Crippen molar-refractivity contribution >= 4 is 40.3 Å². The van der Waals surface area contributed by atoms with Crippen LogP contribution in [0, 0.1) is 0 Å². The minimum Gasteiger partial charge on any atom is -0.491 e. The van der Waals surface area contributed by atoms with Gasteiger partial charge in [-0.05, 0) is 81.7 Å². The minimum absolute atomic E-state index is 0.0664. The summed E-state index contributed by atoms with van der Waals surface area (Å²) in [6, 6.07) is 12.4. The molecule has 2 aromatic carbocycles. The number of hydrogen-bond donors (Lipinski definition) is 4. The summed E-state index contributed by atoms with van der Waals surface area (Å²) in [6.45, 7) is 1.87. The van der Waals surface area contributed by atoms with Gasteiger partial charge in [0.1, 0.15) is 29.8 Å². The van der Waals surface area contributed by atoms with Gasteiger partial charge in [-0.25, -0.2) is 4.98 Å². The van der Waals surface area contributed by atoms with Crippen LogP contribution in [0.3, 0.4) is 0 Å². The van der Waals surface area contributed by atoms with Crippen molar-refractivity contribution < 1.29 is 19.4 Å². The van der Waals surface area contributed by atoms with E-state index in [-0.39, 0.29) is 48.0 Å². The Morgan fingerprint density at radius 3 is 2.52 bits per heavy atom. The van der Waals surface area contributed by atoms with E-state index in [1.165, 1.54) is 11.1 Å². The highest BCUT2D eigenvalue weighted by Crippen LogP contribution is 2.32. The molecule has 6 rings (SSSR count). The number of aliphatic hydroxyl groups excluding tert-OH is 1. The minimum atomic E-state index is -0.847. The Labute approximate surface area is 246 Å². The SMILES string of the molecule is CSc1ccc(OCC(O)CNc2cc[nH]c(=O)c2-c2nc3cc4c(cc3[nH]2)C(=O)N(C2CCN(C)CC2)C4=O)cc1. The van der Waals surface area contributed by atoms with Gasteiger partial charge >= 0.3 is 0 Å². The number of thioether (sulfide) groups is 1. The van der Waals surface area contributed by atoms with Crippen LogP contribution < -0.4 is 15.6 Å². The number of pyridine rings is 1. The molecular formula is C30H32N6O5S. The zero-order valence-electron chi connectivity index (χ0n) is 23.3. The first kappa shape index (κ1) is 28.0. The predicted octanol–water partition coefficient (Wildman–Crippen LogP) is 3.18. The highest BCUT2D eigenvalue weighted by molar-refractivity contribution is 7.98. The van der Waals surface area contributed by atoms with Crippen LogP contribution in [0.1, 0.15) is 33.6 Å². The normalized spacial score (nSPS) is 16.7. The smallest absolute Gasteiger partial charge is 0.261 e. The number of amides is 2. The van der Waals surface area contributed by atoms with Crippen LogP contribution in [0.25, 0.3) is 22.4 Å². The number of nitrogens with one attached hydrogen (secondary N) is 3. The molecule has 0 spiro atoms. The van der Waals surface area contributed by atoms with Gasteiger partial charge in [-0.1, -0.05) is 0 Å². The van der Waals surface area contributed by atoms with E-state index in [2.05, 4.69) is 25.2 Å². The van der Waals surface area contributed by atoms with E-state index in [9.17, 15) is 19.5 Å². The molecule has 4 N–H and O–H groups in total. The predicted molar refractivity (Wildman–Crippen MR) is 161 cm³/mol. The number of piperidine rings is 1. The zero-order valence-corrected chi connectivity index (χ0v) is 24.2.